The zero-order chi connectivity index (χ0) is 19.6. The molecule has 0 N–H and O–H groups in total. The summed E-state index contributed by atoms with van der Waals surface area (Å²) < 4.78 is 18.0. The van der Waals surface area contributed by atoms with Gasteiger partial charge in [0.1, 0.15) is 19.8 Å². The van der Waals surface area contributed by atoms with Crippen molar-refractivity contribution in [2.75, 3.05) is 6.61 Å². The Balaban J connectivity index is 1.86. The molecule has 0 aliphatic rings. The zero-order valence-corrected chi connectivity index (χ0v) is 16.4. The largest absolute Gasteiger partial charge is 0.485 e. The van der Waals surface area contributed by atoms with Crippen molar-refractivity contribution in [2.45, 2.75) is 19.1 Å². The number of ether oxygens (including phenoxy) is 3. The lowest BCUT2D eigenvalue weighted by molar-refractivity contribution is 0.247. The zero-order valence-electron chi connectivity index (χ0n) is 15.6. The predicted octanol–water partition coefficient (Wildman–Crippen LogP) is 6.15. The van der Waals surface area contributed by atoms with Crippen molar-refractivity contribution < 1.29 is 14.2 Å². The van der Waals surface area contributed by atoms with Crippen LogP contribution < -0.4 is 14.2 Å². The number of hydrogen-bond acceptors (Lipinski definition) is 3. The smallest absolute Gasteiger partial charge is 0.203 e. The minimum absolute atomic E-state index is 0.351. The van der Waals surface area contributed by atoms with Crippen LogP contribution in [0.5, 0.6) is 17.2 Å². The highest BCUT2D eigenvalue weighted by atomic mass is 35.5. The molecule has 144 valence electrons. The molecule has 28 heavy (non-hydrogen) atoms. The van der Waals surface area contributed by atoms with Crippen LogP contribution >= 0.6 is 11.6 Å². The molecule has 0 saturated heterocycles. The SMILES string of the molecule is C=CCOc1c(OCc2ccccc2)cc(CCl)cc1OCc1ccccc1. The van der Waals surface area contributed by atoms with Crippen molar-refractivity contribution in [1.82, 2.24) is 0 Å². The van der Waals surface area contributed by atoms with Crippen LogP contribution in [-0.4, -0.2) is 6.61 Å². The van der Waals surface area contributed by atoms with E-state index >= 15 is 0 Å². The summed E-state index contributed by atoms with van der Waals surface area (Å²) in [5.41, 5.74) is 3.04. The first-order valence-corrected chi connectivity index (χ1v) is 9.63. The van der Waals surface area contributed by atoms with Crippen LogP contribution in [0.4, 0.5) is 0 Å². The lowest BCUT2D eigenvalue weighted by Crippen LogP contribution is -2.04. The first-order chi connectivity index (χ1) is 13.8. The van der Waals surface area contributed by atoms with E-state index in [2.05, 4.69) is 6.58 Å². The molecule has 0 radical (unpaired) electrons. The number of hydrogen-bond donors (Lipinski definition) is 0. The van der Waals surface area contributed by atoms with Crippen LogP contribution in [0.3, 0.4) is 0 Å². The van der Waals surface area contributed by atoms with E-state index in [9.17, 15) is 0 Å². The summed E-state index contributed by atoms with van der Waals surface area (Å²) in [4.78, 5) is 0. The number of alkyl halides is 1. The predicted molar refractivity (Wildman–Crippen MR) is 113 cm³/mol. The molecule has 0 heterocycles. The van der Waals surface area contributed by atoms with Crippen LogP contribution in [0.15, 0.2) is 85.5 Å². The average Bonchev–Trinajstić information content (AvgIpc) is 2.76. The number of halogens is 1. The standard InChI is InChI=1S/C24H23ClO3/c1-2-13-26-24-22(27-17-19-9-5-3-6-10-19)14-21(16-25)15-23(24)28-18-20-11-7-4-8-12-20/h2-12,14-15H,1,13,16-18H2. The molecule has 0 aromatic heterocycles. The van der Waals surface area contributed by atoms with E-state index in [0.29, 0.717) is 42.9 Å². The van der Waals surface area contributed by atoms with Crippen molar-refractivity contribution in [3.05, 3.63) is 102 Å². The normalized spacial score (nSPS) is 10.3. The van der Waals surface area contributed by atoms with Crippen LogP contribution in [0.2, 0.25) is 0 Å². The monoisotopic (exact) mass is 394 g/mol. The molecule has 0 atom stereocenters. The third-order valence-electron chi connectivity index (χ3n) is 4.05. The highest BCUT2D eigenvalue weighted by Gasteiger charge is 2.16. The summed E-state index contributed by atoms with van der Waals surface area (Å²) in [6, 6.07) is 23.7. The van der Waals surface area contributed by atoms with E-state index in [-0.39, 0.29) is 0 Å². The third-order valence-corrected chi connectivity index (χ3v) is 4.36. The van der Waals surface area contributed by atoms with Gasteiger partial charge < -0.3 is 14.2 Å². The molecule has 0 amide bonds. The van der Waals surface area contributed by atoms with Gasteiger partial charge in [-0.1, -0.05) is 73.3 Å². The van der Waals surface area contributed by atoms with Crippen molar-refractivity contribution in [3.8, 4) is 17.2 Å². The van der Waals surface area contributed by atoms with Crippen LogP contribution in [0.1, 0.15) is 16.7 Å². The fourth-order valence-corrected chi connectivity index (χ4v) is 2.83. The highest BCUT2D eigenvalue weighted by Crippen LogP contribution is 2.40. The van der Waals surface area contributed by atoms with E-state index in [0.717, 1.165) is 16.7 Å². The molecule has 3 rings (SSSR count). The van der Waals surface area contributed by atoms with Gasteiger partial charge in [0, 0.05) is 5.88 Å². The maximum Gasteiger partial charge on any atom is 0.203 e. The second-order valence-electron chi connectivity index (χ2n) is 6.20. The molecule has 0 spiro atoms. The Labute approximate surface area is 171 Å². The minimum atomic E-state index is 0.351. The number of rotatable bonds is 10. The summed E-state index contributed by atoms with van der Waals surface area (Å²) in [6.45, 7) is 4.93. The van der Waals surface area contributed by atoms with E-state index in [1.165, 1.54) is 0 Å². The summed E-state index contributed by atoms with van der Waals surface area (Å²) in [5, 5.41) is 0. The minimum Gasteiger partial charge on any atom is -0.485 e. The van der Waals surface area contributed by atoms with Crippen LogP contribution in [0, 0.1) is 0 Å². The molecular formula is C24H23ClO3. The Hall–Kier alpha value is -2.91. The van der Waals surface area contributed by atoms with Gasteiger partial charge in [0.25, 0.3) is 0 Å². The Morgan fingerprint density at radius 3 is 1.64 bits per heavy atom. The van der Waals surface area contributed by atoms with E-state index < -0.39 is 0 Å². The second-order valence-corrected chi connectivity index (χ2v) is 6.47. The fraction of sp³-hybridized carbons (Fsp3) is 0.167. The Morgan fingerprint density at radius 1 is 0.714 bits per heavy atom. The van der Waals surface area contributed by atoms with Crippen LogP contribution in [0.25, 0.3) is 0 Å². The van der Waals surface area contributed by atoms with E-state index in [1.807, 2.05) is 72.8 Å². The van der Waals surface area contributed by atoms with E-state index in [1.54, 1.807) is 6.08 Å². The quantitative estimate of drug-likeness (QED) is 0.305. The Bertz CT molecular complexity index is 814. The molecule has 0 fully saturated rings. The Kier molecular flexibility index (Phi) is 7.39. The average molecular weight is 395 g/mol. The van der Waals surface area contributed by atoms with Gasteiger partial charge in [0.15, 0.2) is 11.5 Å². The fourth-order valence-electron chi connectivity index (χ4n) is 2.68. The van der Waals surface area contributed by atoms with Gasteiger partial charge in [-0.05, 0) is 28.8 Å². The van der Waals surface area contributed by atoms with Crippen LogP contribution in [-0.2, 0) is 19.1 Å². The van der Waals surface area contributed by atoms with Gasteiger partial charge in [-0.3, -0.25) is 0 Å². The van der Waals surface area contributed by atoms with Gasteiger partial charge >= 0.3 is 0 Å². The van der Waals surface area contributed by atoms with Gasteiger partial charge in [-0.15, -0.1) is 11.6 Å². The maximum atomic E-state index is 6.09. The van der Waals surface area contributed by atoms with Crippen molar-refractivity contribution in [3.63, 3.8) is 0 Å². The van der Waals surface area contributed by atoms with Gasteiger partial charge in [-0.2, -0.15) is 0 Å². The van der Waals surface area contributed by atoms with Gasteiger partial charge in [0.05, 0.1) is 0 Å². The summed E-state index contributed by atoms with van der Waals surface area (Å²) in [6.07, 6.45) is 1.69. The summed E-state index contributed by atoms with van der Waals surface area (Å²) in [7, 11) is 0. The topological polar surface area (TPSA) is 27.7 Å². The Morgan fingerprint density at radius 2 is 1.21 bits per heavy atom. The molecule has 4 heteroatoms. The highest BCUT2D eigenvalue weighted by molar-refractivity contribution is 6.17. The molecule has 0 unspecified atom stereocenters. The molecule has 0 saturated carbocycles. The first kappa shape index (κ1) is 19.8. The summed E-state index contributed by atoms with van der Waals surface area (Å²) >= 11 is 6.09. The van der Waals surface area contributed by atoms with Crippen molar-refractivity contribution in [1.29, 1.82) is 0 Å². The molecular weight excluding hydrogens is 372 g/mol. The van der Waals surface area contributed by atoms with Gasteiger partial charge in [-0.25, -0.2) is 0 Å². The lowest BCUT2D eigenvalue weighted by Gasteiger charge is -2.18. The van der Waals surface area contributed by atoms with Gasteiger partial charge in [0.2, 0.25) is 5.75 Å². The molecule has 0 aliphatic heterocycles. The molecule has 0 aliphatic carbocycles. The van der Waals surface area contributed by atoms with E-state index in [4.69, 9.17) is 25.8 Å². The molecule has 0 bridgehead atoms. The third kappa shape index (κ3) is 5.54. The number of benzene rings is 3. The van der Waals surface area contributed by atoms with Crippen molar-refractivity contribution in [2.24, 2.45) is 0 Å². The maximum absolute atomic E-state index is 6.09. The molecule has 3 aromatic carbocycles. The first-order valence-electron chi connectivity index (χ1n) is 9.10. The second kappa shape index (κ2) is 10.4. The summed E-state index contributed by atoms with van der Waals surface area (Å²) in [5.74, 6) is 2.12. The van der Waals surface area contributed by atoms with Crippen molar-refractivity contribution >= 4 is 11.6 Å². The molecule has 3 nitrogen and oxygen atoms in total. The molecule has 3 aromatic rings. The lowest BCUT2D eigenvalue weighted by atomic mass is 10.2.